The number of pyridine rings is 1. The Hall–Kier alpha value is -1.86. The number of rotatable bonds is 4. The highest BCUT2D eigenvalue weighted by Gasteiger charge is 2.49. The molecule has 6 rings (SSSR count). The van der Waals surface area contributed by atoms with E-state index in [0.29, 0.717) is 30.0 Å². The number of aromatic nitrogens is 1. The van der Waals surface area contributed by atoms with E-state index in [1.807, 2.05) is 12.3 Å². The van der Waals surface area contributed by atoms with Crippen molar-refractivity contribution in [3.05, 3.63) is 24.4 Å². The molecule has 2 aliphatic carbocycles. The van der Waals surface area contributed by atoms with Crippen molar-refractivity contribution in [2.45, 2.75) is 113 Å². The molecule has 7 nitrogen and oxygen atoms in total. The van der Waals surface area contributed by atoms with Crippen LogP contribution in [0.4, 0.5) is 10.6 Å². The first-order valence-electron chi connectivity index (χ1n) is 14.1. The second-order valence-corrected chi connectivity index (χ2v) is 12.1. The van der Waals surface area contributed by atoms with Gasteiger partial charge >= 0.3 is 6.03 Å². The van der Waals surface area contributed by atoms with E-state index in [0.717, 1.165) is 89.5 Å². The van der Waals surface area contributed by atoms with Crippen LogP contribution in [0.2, 0.25) is 0 Å². The SMILES string of the molecule is CC1CC2(O)CCCC(C2)[C@@H]1NC(=O)N1[C@@H]2CC[C@H]1C[C@@H](OC1CCN(c3ccccn3)CC1)C2. The van der Waals surface area contributed by atoms with Gasteiger partial charge in [-0.2, -0.15) is 0 Å². The molecule has 7 heteroatoms. The lowest BCUT2D eigenvalue weighted by Gasteiger charge is -2.50. The number of urea groups is 1. The number of piperidine rings is 2. The summed E-state index contributed by atoms with van der Waals surface area (Å²) < 4.78 is 6.62. The monoisotopic (exact) mass is 482 g/mol. The number of nitrogens with one attached hydrogen (secondary N) is 1. The van der Waals surface area contributed by atoms with Crippen LogP contribution in [0.3, 0.4) is 0 Å². The van der Waals surface area contributed by atoms with Crippen LogP contribution in [0.5, 0.6) is 0 Å². The molecule has 1 aromatic heterocycles. The topological polar surface area (TPSA) is 77.9 Å². The van der Waals surface area contributed by atoms with Crippen molar-refractivity contribution in [2.75, 3.05) is 18.0 Å². The predicted molar refractivity (Wildman–Crippen MR) is 135 cm³/mol. The Morgan fingerprint density at radius 3 is 2.57 bits per heavy atom. The number of amides is 2. The summed E-state index contributed by atoms with van der Waals surface area (Å²) in [5.74, 6) is 1.81. The number of fused-ring (bicyclic) bond motifs is 4. The van der Waals surface area contributed by atoms with Crippen LogP contribution < -0.4 is 10.2 Å². The van der Waals surface area contributed by atoms with Gasteiger partial charge in [-0.3, -0.25) is 0 Å². The highest BCUT2D eigenvalue weighted by Crippen LogP contribution is 2.46. The predicted octanol–water partition coefficient (Wildman–Crippen LogP) is 4.10. The largest absolute Gasteiger partial charge is 0.390 e. The second kappa shape index (κ2) is 9.55. The first kappa shape index (κ1) is 23.5. The number of aliphatic hydroxyl groups is 1. The zero-order valence-corrected chi connectivity index (χ0v) is 21.1. The van der Waals surface area contributed by atoms with Gasteiger partial charge in [0.1, 0.15) is 5.82 Å². The fraction of sp³-hybridized carbons (Fsp3) is 0.786. The van der Waals surface area contributed by atoms with E-state index in [2.05, 4.69) is 39.2 Å². The van der Waals surface area contributed by atoms with Gasteiger partial charge in [-0.1, -0.05) is 19.4 Å². The Balaban J connectivity index is 1.01. The second-order valence-electron chi connectivity index (χ2n) is 12.1. The lowest BCUT2D eigenvalue weighted by molar-refractivity contribution is -0.0782. The molecule has 1 aromatic rings. The molecular formula is C28H42N4O3. The van der Waals surface area contributed by atoms with E-state index in [4.69, 9.17) is 4.74 Å². The van der Waals surface area contributed by atoms with Gasteiger partial charge in [0, 0.05) is 37.4 Å². The van der Waals surface area contributed by atoms with Crippen molar-refractivity contribution < 1.29 is 14.6 Å². The third-order valence-electron chi connectivity index (χ3n) is 9.70. The van der Waals surface area contributed by atoms with E-state index in [9.17, 15) is 9.90 Å². The van der Waals surface area contributed by atoms with E-state index in [1.165, 1.54) is 0 Å². The van der Waals surface area contributed by atoms with Gasteiger partial charge in [-0.25, -0.2) is 9.78 Å². The van der Waals surface area contributed by atoms with Crippen LogP contribution >= 0.6 is 0 Å². The summed E-state index contributed by atoms with van der Waals surface area (Å²) in [5, 5.41) is 14.3. The van der Waals surface area contributed by atoms with Crippen molar-refractivity contribution in [2.24, 2.45) is 11.8 Å². The fourth-order valence-electron chi connectivity index (χ4n) is 8.15. The van der Waals surface area contributed by atoms with Gasteiger partial charge in [0.15, 0.2) is 0 Å². The quantitative estimate of drug-likeness (QED) is 0.676. The molecule has 3 unspecified atom stereocenters. The average molecular weight is 483 g/mol. The molecular weight excluding hydrogens is 440 g/mol. The smallest absolute Gasteiger partial charge is 0.318 e. The molecule has 0 spiro atoms. The number of hydrogen-bond donors (Lipinski definition) is 2. The summed E-state index contributed by atoms with van der Waals surface area (Å²) in [7, 11) is 0. The third-order valence-corrected chi connectivity index (χ3v) is 9.70. The summed E-state index contributed by atoms with van der Waals surface area (Å²) in [6.45, 7) is 4.19. The molecule has 35 heavy (non-hydrogen) atoms. The Morgan fingerprint density at radius 2 is 1.86 bits per heavy atom. The van der Waals surface area contributed by atoms with Crippen LogP contribution in [-0.2, 0) is 4.74 Å². The van der Waals surface area contributed by atoms with E-state index < -0.39 is 5.60 Å². The van der Waals surface area contributed by atoms with Crippen LogP contribution in [0.15, 0.2) is 24.4 Å². The van der Waals surface area contributed by atoms with Crippen LogP contribution in [0.25, 0.3) is 0 Å². The van der Waals surface area contributed by atoms with Crippen molar-refractivity contribution in [3.63, 3.8) is 0 Å². The number of ether oxygens (including phenoxy) is 1. The fourth-order valence-corrected chi connectivity index (χ4v) is 8.15. The molecule has 3 saturated heterocycles. The summed E-state index contributed by atoms with van der Waals surface area (Å²) >= 11 is 0. The average Bonchev–Trinajstić information content (AvgIpc) is 3.13. The number of hydrogen-bond acceptors (Lipinski definition) is 5. The minimum absolute atomic E-state index is 0.132. The summed E-state index contributed by atoms with van der Waals surface area (Å²) in [5.41, 5.74) is -0.494. The maximum absolute atomic E-state index is 13.5. The lowest BCUT2D eigenvalue weighted by atomic mass is 9.63. The highest BCUT2D eigenvalue weighted by atomic mass is 16.5. The molecule has 0 radical (unpaired) electrons. The maximum atomic E-state index is 13.5. The van der Waals surface area contributed by atoms with Crippen LogP contribution in [0, 0.1) is 11.8 Å². The molecule has 7 atom stereocenters. The van der Waals surface area contributed by atoms with Gasteiger partial charge in [0.2, 0.25) is 0 Å². The summed E-state index contributed by atoms with van der Waals surface area (Å²) in [6.07, 6.45) is 13.4. The molecule has 3 aliphatic heterocycles. The first-order valence-corrected chi connectivity index (χ1v) is 14.1. The van der Waals surface area contributed by atoms with Crippen LogP contribution in [-0.4, -0.2) is 70.0 Å². The normalized spacial score (nSPS) is 39.5. The number of carbonyl (C=O) groups excluding carboxylic acids is 1. The van der Waals surface area contributed by atoms with E-state index in [-0.39, 0.29) is 18.2 Å². The number of carbonyl (C=O) groups is 1. The summed E-state index contributed by atoms with van der Waals surface area (Å²) in [6, 6.07) is 7.03. The van der Waals surface area contributed by atoms with Gasteiger partial charge < -0.3 is 25.0 Å². The molecule has 4 heterocycles. The number of anilines is 1. The van der Waals surface area contributed by atoms with Crippen molar-refractivity contribution in [3.8, 4) is 0 Å². The molecule has 2 saturated carbocycles. The van der Waals surface area contributed by atoms with Crippen molar-refractivity contribution in [1.82, 2.24) is 15.2 Å². The van der Waals surface area contributed by atoms with Crippen molar-refractivity contribution in [1.29, 1.82) is 0 Å². The summed E-state index contributed by atoms with van der Waals surface area (Å²) in [4.78, 5) is 22.5. The zero-order valence-electron chi connectivity index (χ0n) is 21.1. The molecule has 2 amide bonds. The standard InChI is InChI=1S/C28H42N4O3/c1-19-17-28(34)11-4-5-20(18-28)26(19)30-27(33)32-21-7-8-22(32)16-24(15-21)35-23-9-13-31(14-10-23)25-6-2-3-12-29-25/h2-3,6,12,19-24,26,34H,4-5,7-11,13-18H2,1H3,(H,30,33)/t19?,20?,21-,22+,24+,26-,28?/m1/s1. The van der Waals surface area contributed by atoms with Crippen molar-refractivity contribution >= 4 is 11.8 Å². The Bertz CT molecular complexity index is 873. The Morgan fingerprint density at radius 1 is 1.09 bits per heavy atom. The Labute approximate surface area is 209 Å². The van der Waals surface area contributed by atoms with Gasteiger partial charge in [-0.15, -0.1) is 0 Å². The zero-order chi connectivity index (χ0) is 24.0. The van der Waals surface area contributed by atoms with E-state index in [1.54, 1.807) is 0 Å². The minimum Gasteiger partial charge on any atom is -0.390 e. The van der Waals surface area contributed by atoms with Crippen LogP contribution in [0.1, 0.15) is 77.6 Å². The first-order chi connectivity index (χ1) is 17.0. The Kier molecular flexibility index (Phi) is 6.42. The number of nitrogens with zero attached hydrogens (tertiary/aromatic N) is 3. The molecule has 0 aromatic carbocycles. The lowest BCUT2D eigenvalue weighted by Crippen LogP contribution is -2.60. The highest BCUT2D eigenvalue weighted by molar-refractivity contribution is 5.76. The van der Waals surface area contributed by atoms with Gasteiger partial charge in [-0.05, 0) is 88.2 Å². The van der Waals surface area contributed by atoms with E-state index >= 15 is 0 Å². The molecule has 2 N–H and O–H groups in total. The minimum atomic E-state index is -0.494. The van der Waals surface area contributed by atoms with Gasteiger partial charge in [0.05, 0.1) is 17.8 Å². The molecule has 4 bridgehead atoms. The molecule has 5 fully saturated rings. The maximum Gasteiger partial charge on any atom is 0.318 e. The van der Waals surface area contributed by atoms with Gasteiger partial charge in [0.25, 0.3) is 0 Å². The molecule has 192 valence electrons. The third kappa shape index (κ3) is 4.78. The molecule has 5 aliphatic rings.